The molecule has 1 heterocycles. The normalized spacial score (nSPS) is 17.7. The SMILES string of the molecule is O=C(CCS(=O)(=O)C1CCCC1)NCC(O)COc1ccc2c(c1)OCO2. The summed E-state index contributed by atoms with van der Waals surface area (Å²) in [5.74, 6) is 1.21. The maximum Gasteiger partial charge on any atom is 0.231 e. The standard InChI is InChI=1S/C18H25NO7S/c20-13(11-24-14-5-6-16-17(9-14)26-12-25-16)10-19-18(21)7-8-27(22,23)15-3-1-2-4-15/h5-6,9,13,15,20H,1-4,7-8,10-12H2,(H,19,21). The lowest BCUT2D eigenvalue weighted by Gasteiger charge is -2.14. The molecule has 8 nitrogen and oxygen atoms in total. The molecule has 0 radical (unpaired) electrons. The van der Waals surface area contributed by atoms with Crippen molar-refractivity contribution in [2.75, 3.05) is 25.7 Å². The van der Waals surface area contributed by atoms with Crippen molar-refractivity contribution in [1.82, 2.24) is 5.32 Å². The van der Waals surface area contributed by atoms with Gasteiger partial charge in [-0.3, -0.25) is 4.79 Å². The summed E-state index contributed by atoms with van der Waals surface area (Å²) in [7, 11) is -3.22. The van der Waals surface area contributed by atoms with Crippen LogP contribution in [0.3, 0.4) is 0 Å². The molecule has 1 fully saturated rings. The molecule has 1 amide bonds. The summed E-state index contributed by atoms with van der Waals surface area (Å²) in [6.45, 7) is 0.150. The summed E-state index contributed by atoms with van der Waals surface area (Å²) < 4.78 is 40.2. The molecule has 3 rings (SSSR count). The molecule has 1 aliphatic heterocycles. The number of hydrogen-bond donors (Lipinski definition) is 2. The molecule has 1 aromatic carbocycles. The van der Waals surface area contributed by atoms with Crippen LogP contribution in [-0.4, -0.2) is 56.5 Å². The second-order valence-electron chi connectivity index (χ2n) is 6.81. The Morgan fingerprint density at radius 1 is 1.26 bits per heavy atom. The number of ether oxygens (including phenoxy) is 3. The number of rotatable bonds is 9. The van der Waals surface area contributed by atoms with Crippen LogP contribution in [0.5, 0.6) is 17.2 Å². The number of fused-ring (bicyclic) bond motifs is 1. The molecule has 150 valence electrons. The molecule has 0 spiro atoms. The van der Waals surface area contributed by atoms with Crippen molar-refractivity contribution >= 4 is 15.7 Å². The van der Waals surface area contributed by atoms with Crippen molar-refractivity contribution in [3.63, 3.8) is 0 Å². The zero-order valence-electron chi connectivity index (χ0n) is 15.1. The first-order valence-corrected chi connectivity index (χ1v) is 10.8. The second-order valence-corrected chi connectivity index (χ2v) is 9.21. The highest BCUT2D eigenvalue weighted by molar-refractivity contribution is 7.92. The van der Waals surface area contributed by atoms with Crippen molar-refractivity contribution in [3.8, 4) is 17.2 Å². The Morgan fingerprint density at radius 2 is 2.00 bits per heavy atom. The Balaban J connectivity index is 1.35. The van der Waals surface area contributed by atoms with E-state index in [9.17, 15) is 18.3 Å². The van der Waals surface area contributed by atoms with E-state index in [1.54, 1.807) is 18.2 Å². The molecule has 1 unspecified atom stereocenters. The Bertz CT molecular complexity index is 759. The van der Waals surface area contributed by atoms with Gasteiger partial charge in [-0.25, -0.2) is 8.42 Å². The number of benzene rings is 1. The van der Waals surface area contributed by atoms with Crippen LogP contribution < -0.4 is 19.5 Å². The van der Waals surface area contributed by atoms with Gasteiger partial charge in [-0.1, -0.05) is 12.8 Å². The lowest BCUT2D eigenvalue weighted by molar-refractivity contribution is -0.121. The van der Waals surface area contributed by atoms with Gasteiger partial charge in [0.1, 0.15) is 18.5 Å². The molecular formula is C18H25NO7S. The molecule has 0 saturated heterocycles. The Labute approximate surface area is 158 Å². The molecule has 2 aliphatic rings. The molecule has 27 heavy (non-hydrogen) atoms. The molecule has 1 saturated carbocycles. The fourth-order valence-electron chi connectivity index (χ4n) is 3.19. The first kappa shape index (κ1) is 19.8. The molecule has 1 aliphatic carbocycles. The maximum atomic E-state index is 12.1. The van der Waals surface area contributed by atoms with Gasteiger partial charge in [-0.15, -0.1) is 0 Å². The van der Waals surface area contributed by atoms with E-state index in [0.29, 0.717) is 30.1 Å². The topological polar surface area (TPSA) is 111 Å². The summed E-state index contributed by atoms with van der Waals surface area (Å²) in [5, 5.41) is 12.2. The third-order valence-electron chi connectivity index (χ3n) is 4.74. The van der Waals surface area contributed by atoms with Gasteiger partial charge in [0.25, 0.3) is 0 Å². The van der Waals surface area contributed by atoms with Gasteiger partial charge in [-0.05, 0) is 25.0 Å². The lowest BCUT2D eigenvalue weighted by Crippen LogP contribution is -2.36. The van der Waals surface area contributed by atoms with Crippen LogP contribution in [0.15, 0.2) is 18.2 Å². The molecule has 0 aromatic heterocycles. The highest BCUT2D eigenvalue weighted by atomic mass is 32.2. The third-order valence-corrected chi connectivity index (χ3v) is 7.01. The Morgan fingerprint density at radius 3 is 2.78 bits per heavy atom. The van der Waals surface area contributed by atoms with Gasteiger partial charge in [0.15, 0.2) is 21.3 Å². The summed E-state index contributed by atoms with van der Waals surface area (Å²) in [6, 6.07) is 5.09. The highest BCUT2D eigenvalue weighted by Gasteiger charge is 2.28. The summed E-state index contributed by atoms with van der Waals surface area (Å²) in [4.78, 5) is 11.9. The fourth-order valence-corrected chi connectivity index (χ4v) is 5.04. The molecule has 2 N–H and O–H groups in total. The average Bonchev–Trinajstić information content (AvgIpc) is 3.34. The second kappa shape index (κ2) is 8.79. The van der Waals surface area contributed by atoms with Crippen molar-refractivity contribution in [1.29, 1.82) is 0 Å². The monoisotopic (exact) mass is 399 g/mol. The molecule has 9 heteroatoms. The lowest BCUT2D eigenvalue weighted by atomic mass is 10.3. The number of aliphatic hydroxyl groups excluding tert-OH is 1. The van der Waals surface area contributed by atoms with E-state index >= 15 is 0 Å². The van der Waals surface area contributed by atoms with E-state index in [1.807, 2.05) is 0 Å². The van der Waals surface area contributed by atoms with E-state index in [2.05, 4.69) is 5.32 Å². The summed E-state index contributed by atoms with van der Waals surface area (Å²) in [5.41, 5.74) is 0. The van der Waals surface area contributed by atoms with Crippen LogP contribution >= 0.6 is 0 Å². The minimum absolute atomic E-state index is 0.00708. The maximum absolute atomic E-state index is 12.1. The number of hydrogen-bond acceptors (Lipinski definition) is 7. The highest BCUT2D eigenvalue weighted by Crippen LogP contribution is 2.35. The average molecular weight is 399 g/mol. The van der Waals surface area contributed by atoms with E-state index < -0.39 is 21.8 Å². The zero-order chi connectivity index (χ0) is 19.3. The van der Waals surface area contributed by atoms with Gasteiger partial charge in [0, 0.05) is 19.0 Å². The van der Waals surface area contributed by atoms with E-state index in [4.69, 9.17) is 14.2 Å². The summed E-state index contributed by atoms with van der Waals surface area (Å²) in [6.07, 6.45) is 2.26. The number of sulfone groups is 1. The van der Waals surface area contributed by atoms with Gasteiger partial charge in [0.05, 0.1) is 11.0 Å². The number of carbonyl (C=O) groups is 1. The zero-order valence-corrected chi connectivity index (χ0v) is 15.9. The largest absolute Gasteiger partial charge is 0.491 e. The minimum atomic E-state index is -3.22. The van der Waals surface area contributed by atoms with Gasteiger partial charge in [-0.2, -0.15) is 0 Å². The van der Waals surface area contributed by atoms with Crippen molar-refractivity contribution in [2.24, 2.45) is 0 Å². The van der Waals surface area contributed by atoms with E-state index in [1.165, 1.54) is 0 Å². The Hall–Kier alpha value is -2.00. The van der Waals surface area contributed by atoms with Crippen LogP contribution in [0.1, 0.15) is 32.1 Å². The number of amides is 1. The van der Waals surface area contributed by atoms with Gasteiger partial charge < -0.3 is 24.6 Å². The Kier molecular flexibility index (Phi) is 6.43. The third kappa shape index (κ3) is 5.49. The predicted molar refractivity (Wildman–Crippen MR) is 97.7 cm³/mol. The van der Waals surface area contributed by atoms with Crippen LogP contribution in [0.2, 0.25) is 0 Å². The van der Waals surface area contributed by atoms with Crippen molar-refractivity contribution < 1.29 is 32.5 Å². The first-order chi connectivity index (χ1) is 12.9. The van der Waals surface area contributed by atoms with Crippen LogP contribution in [-0.2, 0) is 14.6 Å². The van der Waals surface area contributed by atoms with E-state index in [-0.39, 0.29) is 37.4 Å². The fraction of sp³-hybridized carbons (Fsp3) is 0.611. The van der Waals surface area contributed by atoms with Crippen LogP contribution in [0.4, 0.5) is 0 Å². The first-order valence-electron chi connectivity index (χ1n) is 9.13. The molecule has 1 atom stereocenters. The van der Waals surface area contributed by atoms with Gasteiger partial charge >= 0.3 is 0 Å². The predicted octanol–water partition coefficient (Wildman–Crippen LogP) is 1.02. The summed E-state index contributed by atoms with van der Waals surface area (Å²) >= 11 is 0. The van der Waals surface area contributed by atoms with Crippen molar-refractivity contribution in [2.45, 2.75) is 43.5 Å². The van der Waals surface area contributed by atoms with Crippen molar-refractivity contribution in [3.05, 3.63) is 18.2 Å². The minimum Gasteiger partial charge on any atom is -0.491 e. The van der Waals surface area contributed by atoms with Crippen LogP contribution in [0.25, 0.3) is 0 Å². The number of aliphatic hydroxyl groups is 1. The quantitative estimate of drug-likeness (QED) is 0.638. The number of nitrogens with one attached hydrogen (secondary N) is 1. The number of carbonyl (C=O) groups excluding carboxylic acids is 1. The molecular weight excluding hydrogens is 374 g/mol. The van der Waals surface area contributed by atoms with E-state index in [0.717, 1.165) is 12.8 Å². The molecule has 0 bridgehead atoms. The van der Waals surface area contributed by atoms with Gasteiger partial charge in [0.2, 0.25) is 12.7 Å². The van der Waals surface area contributed by atoms with Crippen LogP contribution in [0, 0.1) is 0 Å². The smallest absolute Gasteiger partial charge is 0.231 e. The molecule has 1 aromatic rings.